The molecule has 0 aliphatic rings. The molecule has 0 aromatic heterocycles. The third-order valence-corrected chi connectivity index (χ3v) is 9.75. The molecule has 0 heterocycles. The van der Waals surface area contributed by atoms with Crippen molar-refractivity contribution in [2.24, 2.45) is 0 Å². The highest BCUT2D eigenvalue weighted by atomic mass is 32.2. The van der Waals surface area contributed by atoms with Crippen LogP contribution in [0.2, 0.25) is 13.1 Å². The van der Waals surface area contributed by atoms with Crippen molar-refractivity contribution in [2.75, 3.05) is 0 Å². The SMILES string of the molecule is CCCCC(CC)([SiH](C)C)S(=O)(=O)O. The number of hydrogen-bond acceptors (Lipinski definition) is 2. The number of unbranched alkanes of at least 4 members (excludes halogenated alkanes) is 1. The van der Waals surface area contributed by atoms with Crippen LogP contribution in [0, 0.1) is 0 Å². The Kier molecular flexibility index (Phi) is 5.32. The molecule has 0 aromatic rings. The van der Waals surface area contributed by atoms with Gasteiger partial charge in [-0.2, -0.15) is 8.42 Å². The van der Waals surface area contributed by atoms with Crippen LogP contribution < -0.4 is 0 Å². The van der Waals surface area contributed by atoms with E-state index in [-0.39, 0.29) is 0 Å². The Morgan fingerprint density at radius 3 is 2.00 bits per heavy atom. The normalized spacial score (nSPS) is 17.0. The third kappa shape index (κ3) is 2.81. The summed E-state index contributed by atoms with van der Waals surface area (Å²) in [5.74, 6) is 0. The average molecular weight is 238 g/mol. The Bertz CT molecular complexity index is 261. The van der Waals surface area contributed by atoms with Crippen LogP contribution in [-0.2, 0) is 10.1 Å². The lowest BCUT2D eigenvalue weighted by molar-refractivity contribution is 0.438. The standard InChI is InChI=1S/C9H22O3SSi/c1-5-7-8-9(6-2,14(3)4)13(10,11)12/h14H,5-8H2,1-4H3,(H,10,11,12). The van der Waals surface area contributed by atoms with Gasteiger partial charge < -0.3 is 0 Å². The molecule has 0 rings (SSSR count). The minimum atomic E-state index is -3.89. The molecule has 14 heavy (non-hydrogen) atoms. The molecule has 0 saturated carbocycles. The second-order valence-electron chi connectivity index (χ2n) is 4.15. The fourth-order valence-corrected chi connectivity index (χ4v) is 6.71. The van der Waals surface area contributed by atoms with E-state index in [0.29, 0.717) is 12.8 Å². The van der Waals surface area contributed by atoms with Crippen LogP contribution in [0.4, 0.5) is 0 Å². The van der Waals surface area contributed by atoms with Crippen molar-refractivity contribution in [3.8, 4) is 0 Å². The Balaban J connectivity index is 5.00. The van der Waals surface area contributed by atoms with E-state index in [0.717, 1.165) is 12.8 Å². The summed E-state index contributed by atoms with van der Waals surface area (Å²) < 4.78 is 31.4. The predicted octanol–water partition coefficient (Wildman–Crippen LogP) is 2.24. The molecule has 86 valence electrons. The quantitative estimate of drug-likeness (QED) is 0.570. The van der Waals surface area contributed by atoms with Gasteiger partial charge in [-0.25, -0.2) is 0 Å². The van der Waals surface area contributed by atoms with Crippen LogP contribution in [0.3, 0.4) is 0 Å². The van der Waals surface area contributed by atoms with E-state index >= 15 is 0 Å². The van der Waals surface area contributed by atoms with Crippen molar-refractivity contribution < 1.29 is 13.0 Å². The van der Waals surface area contributed by atoms with Crippen LogP contribution >= 0.6 is 0 Å². The highest BCUT2D eigenvalue weighted by molar-refractivity contribution is 7.89. The van der Waals surface area contributed by atoms with Crippen molar-refractivity contribution in [1.29, 1.82) is 0 Å². The molecule has 1 atom stereocenters. The molecule has 0 amide bonds. The fraction of sp³-hybridized carbons (Fsp3) is 1.00. The van der Waals surface area contributed by atoms with Gasteiger partial charge in [0.25, 0.3) is 10.1 Å². The zero-order valence-electron chi connectivity index (χ0n) is 9.58. The summed E-state index contributed by atoms with van der Waals surface area (Å²) in [4.78, 5) is 0. The smallest absolute Gasteiger partial charge is 0.267 e. The molecule has 1 unspecified atom stereocenters. The molecule has 1 N–H and O–H groups in total. The number of rotatable bonds is 6. The summed E-state index contributed by atoms with van der Waals surface area (Å²) in [6, 6.07) is 0. The Hall–Kier alpha value is 0.127. The molecule has 5 heteroatoms. The average Bonchev–Trinajstić information content (AvgIpc) is 2.03. The first-order valence-electron chi connectivity index (χ1n) is 5.28. The molecule has 3 nitrogen and oxygen atoms in total. The van der Waals surface area contributed by atoms with Gasteiger partial charge in [0, 0.05) is 0 Å². The van der Waals surface area contributed by atoms with Gasteiger partial charge in [0.1, 0.15) is 0 Å². The monoisotopic (exact) mass is 238 g/mol. The maximum absolute atomic E-state index is 11.4. The summed E-state index contributed by atoms with van der Waals surface area (Å²) >= 11 is 0. The zero-order chi connectivity index (χ0) is 11.4. The summed E-state index contributed by atoms with van der Waals surface area (Å²) in [6.45, 7) is 7.88. The first kappa shape index (κ1) is 14.1. The number of hydrogen-bond donors (Lipinski definition) is 1. The van der Waals surface area contributed by atoms with E-state index in [1.807, 2.05) is 26.9 Å². The van der Waals surface area contributed by atoms with E-state index < -0.39 is 23.3 Å². The summed E-state index contributed by atoms with van der Waals surface area (Å²) in [5.41, 5.74) is 0. The highest BCUT2D eigenvalue weighted by Crippen LogP contribution is 2.30. The topological polar surface area (TPSA) is 54.4 Å². The van der Waals surface area contributed by atoms with Gasteiger partial charge in [-0.05, 0) is 12.8 Å². The lowest BCUT2D eigenvalue weighted by Crippen LogP contribution is -2.48. The van der Waals surface area contributed by atoms with E-state index in [1.165, 1.54) is 0 Å². The van der Waals surface area contributed by atoms with Crippen molar-refractivity contribution >= 4 is 18.9 Å². The Morgan fingerprint density at radius 2 is 1.79 bits per heavy atom. The van der Waals surface area contributed by atoms with E-state index in [4.69, 9.17) is 0 Å². The first-order chi connectivity index (χ1) is 6.31. The van der Waals surface area contributed by atoms with Gasteiger partial charge >= 0.3 is 0 Å². The molecule has 0 radical (unpaired) electrons. The Labute approximate surface area is 89.3 Å². The molecule has 0 bridgehead atoms. The molecule has 0 aliphatic carbocycles. The largest absolute Gasteiger partial charge is 0.285 e. The van der Waals surface area contributed by atoms with Crippen LogP contribution in [0.15, 0.2) is 0 Å². The molecule has 0 aromatic carbocycles. The van der Waals surface area contributed by atoms with Gasteiger partial charge in [-0.15, -0.1) is 0 Å². The predicted molar refractivity (Wildman–Crippen MR) is 63.0 cm³/mol. The van der Waals surface area contributed by atoms with Crippen molar-refractivity contribution in [2.45, 2.75) is 57.0 Å². The van der Waals surface area contributed by atoms with Crippen molar-refractivity contribution in [3.05, 3.63) is 0 Å². The maximum Gasteiger partial charge on any atom is 0.267 e. The van der Waals surface area contributed by atoms with Gasteiger partial charge in [-0.3, -0.25) is 4.55 Å². The highest BCUT2D eigenvalue weighted by Gasteiger charge is 2.43. The van der Waals surface area contributed by atoms with Gasteiger partial charge in [0.2, 0.25) is 0 Å². The van der Waals surface area contributed by atoms with Crippen LogP contribution in [0.25, 0.3) is 0 Å². The van der Waals surface area contributed by atoms with Gasteiger partial charge in [0.05, 0.1) is 13.2 Å². The van der Waals surface area contributed by atoms with Crippen LogP contribution in [-0.4, -0.2) is 26.1 Å². The minimum absolute atomic E-state index is 0.537. The summed E-state index contributed by atoms with van der Waals surface area (Å²) in [7, 11) is -5.30. The van der Waals surface area contributed by atoms with E-state index in [2.05, 4.69) is 0 Å². The molecule has 0 fully saturated rings. The summed E-state index contributed by atoms with van der Waals surface area (Å²) in [6.07, 6.45) is 3.00. The van der Waals surface area contributed by atoms with Crippen molar-refractivity contribution in [3.63, 3.8) is 0 Å². The van der Waals surface area contributed by atoms with Crippen LogP contribution in [0.5, 0.6) is 0 Å². The lowest BCUT2D eigenvalue weighted by atomic mass is 10.1. The first-order valence-corrected chi connectivity index (χ1v) is 9.61. The molecular weight excluding hydrogens is 216 g/mol. The molecule has 0 spiro atoms. The second-order valence-corrected chi connectivity index (χ2v) is 9.75. The second kappa shape index (κ2) is 5.28. The van der Waals surface area contributed by atoms with E-state index in [1.54, 1.807) is 0 Å². The van der Waals surface area contributed by atoms with Gasteiger partial charge in [0.15, 0.2) is 0 Å². The molecule has 0 aliphatic heterocycles. The summed E-state index contributed by atoms with van der Waals surface area (Å²) in [5, 5.41) is 0. The molecular formula is C9H22O3SSi. The van der Waals surface area contributed by atoms with Crippen molar-refractivity contribution in [1.82, 2.24) is 0 Å². The Morgan fingerprint density at radius 1 is 1.29 bits per heavy atom. The van der Waals surface area contributed by atoms with Gasteiger partial charge in [-0.1, -0.05) is 39.8 Å². The fourth-order valence-electron chi connectivity index (χ4n) is 1.96. The minimum Gasteiger partial charge on any atom is -0.285 e. The third-order valence-electron chi connectivity index (χ3n) is 3.12. The molecule has 0 saturated heterocycles. The zero-order valence-corrected chi connectivity index (χ0v) is 11.5. The van der Waals surface area contributed by atoms with Crippen LogP contribution in [0.1, 0.15) is 39.5 Å². The maximum atomic E-state index is 11.4. The van der Waals surface area contributed by atoms with E-state index in [9.17, 15) is 13.0 Å². The lowest BCUT2D eigenvalue weighted by Gasteiger charge is -2.32.